The fourth-order valence-corrected chi connectivity index (χ4v) is 5.00. The minimum atomic E-state index is -5.13. The summed E-state index contributed by atoms with van der Waals surface area (Å²) >= 11 is 1.18. The first-order valence-corrected chi connectivity index (χ1v) is 11.7. The molecule has 0 bridgehead atoms. The molecule has 0 aliphatic heterocycles. The van der Waals surface area contributed by atoms with Gasteiger partial charge in [0.15, 0.2) is 5.54 Å². The smallest absolute Gasteiger partial charge is 0.377 e. The lowest BCUT2D eigenvalue weighted by molar-refractivity contribution is 0.000987. The number of alkyl halides is 2. The minimum absolute atomic E-state index is 0.252. The van der Waals surface area contributed by atoms with E-state index >= 15 is 8.78 Å². The van der Waals surface area contributed by atoms with Gasteiger partial charge in [0, 0.05) is 22.0 Å². The topological polar surface area (TPSA) is 82.1 Å². The molecule has 5 nitrogen and oxygen atoms in total. The van der Waals surface area contributed by atoms with Crippen molar-refractivity contribution in [1.29, 1.82) is 0 Å². The number of halogens is 3. The van der Waals surface area contributed by atoms with E-state index in [-0.39, 0.29) is 5.69 Å². The summed E-state index contributed by atoms with van der Waals surface area (Å²) in [5.74, 6) is 0. The van der Waals surface area contributed by atoms with Gasteiger partial charge in [0.1, 0.15) is 4.75 Å². The van der Waals surface area contributed by atoms with Crippen LogP contribution in [-0.2, 0) is 26.7 Å². The fourth-order valence-electron chi connectivity index (χ4n) is 2.29. The molecule has 0 fully saturated rings. The van der Waals surface area contributed by atoms with E-state index in [0.29, 0.717) is 4.47 Å². The summed E-state index contributed by atoms with van der Waals surface area (Å²) in [6.07, 6.45) is 1.28. The predicted molar refractivity (Wildman–Crippen MR) is 109 cm³/mol. The van der Waals surface area contributed by atoms with Gasteiger partial charge >= 0.3 is 5.25 Å². The Morgan fingerprint density at radius 2 is 1.64 bits per heavy atom. The lowest BCUT2D eigenvalue weighted by atomic mass is 9.99. The largest absolute Gasteiger partial charge is 0.598 e. The summed E-state index contributed by atoms with van der Waals surface area (Å²) in [7, 11) is -5.13. The molecule has 1 aromatic heterocycles. The molecule has 1 unspecified atom stereocenters. The molecule has 10 heteroatoms. The molecule has 0 saturated heterocycles. The van der Waals surface area contributed by atoms with E-state index in [4.69, 9.17) is 0 Å². The van der Waals surface area contributed by atoms with Crippen LogP contribution >= 0.6 is 15.9 Å². The Kier molecular flexibility index (Phi) is 6.62. The van der Waals surface area contributed by atoms with Crippen molar-refractivity contribution in [2.24, 2.45) is 0 Å². The molecule has 0 radical (unpaired) electrons. The second kappa shape index (κ2) is 7.98. The van der Waals surface area contributed by atoms with Gasteiger partial charge in [-0.25, -0.2) is 8.42 Å². The van der Waals surface area contributed by atoms with E-state index in [1.54, 1.807) is 20.8 Å². The van der Waals surface area contributed by atoms with E-state index in [9.17, 15) is 13.0 Å². The van der Waals surface area contributed by atoms with Crippen molar-refractivity contribution in [3.63, 3.8) is 0 Å². The maximum absolute atomic E-state index is 15.6. The van der Waals surface area contributed by atoms with E-state index in [2.05, 4.69) is 25.6 Å². The molecule has 0 spiro atoms. The molecule has 2 rings (SSSR count). The quantitative estimate of drug-likeness (QED) is 0.609. The normalized spacial score (nSPS) is 16.4. The second-order valence-corrected chi connectivity index (χ2v) is 12.2. The molecule has 0 saturated carbocycles. The van der Waals surface area contributed by atoms with Gasteiger partial charge in [0.2, 0.25) is 9.84 Å². The summed E-state index contributed by atoms with van der Waals surface area (Å²) in [5.41, 5.74) is -2.81. The standard InChI is InChI=1S/C18H21BrF2N2O3S2/c1-16(2,3)27(24)23-17(4,15-11-10-13(19)12-22-15)18(20,21)28(25,26)14-8-6-5-7-9-14/h5-12,23H,1-4H3/t17-,27?/m0/s1. The molecule has 0 aliphatic carbocycles. The average Bonchev–Trinajstić information content (AvgIpc) is 2.61. The number of pyridine rings is 1. The number of nitrogens with one attached hydrogen (secondary N) is 1. The number of rotatable bonds is 6. The predicted octanol–water partition coefficient (Wildman–Crippen LogP) is 4.18. The Hall–Kier alpha value is -1.07. The third kappa shape index (κ3) is 4.25. The maximum Gasteiger partial charge on any atom is 0.377 e. The molecule has 0 amide bonds. The lowest BCUT2D eigenvalue weighted by Crippen LogP contribution is -2.61. The van der Waals surface area contributed by atoms with Gasteiger partial charge in [0.25, 0.3) is 0 Å². The third-order valence-electron chi connectivity index (χ3n) is 4.07. The van der Waals surface area contributed by atoms with Crippen LogP contribution in [0.25, 0.3) is 0 Å². The third-order valence-corrected chi connectivity index (χ3v) is 8.22. The van der Waals surface area contributed by atoms with Crippen LogP contribution in [0, 0.1) is 0 Å². The molecule has 2 atom stereocenters. The van der Waals surface area contributed by atoms with Crippen LogP contribution in [0.1, 0.15) is 33.4 Å². The Balaban J connectivity index is 2.68. The highest BCUT2D eigenvalue weighted by molar-refractivity contribution is 9.10. The van der Waals surface area contributed by atoms with Gasteiger partial charge in [-0.05, 0) is 67.9 Å². The highest BCUT2D eigenvalue weighted by atomic mass is 79.9. The van der Waals surface area contributed by atoms with Crippen molar-refractivity contribution >= 4 is 37.1 Å². The number of benzene rings is 1. The molecule has 1 aromatic carbocycles. The molecule has 1 heterocycles. The first-order chi connectivity index (χ1) is 12.7. The van der Waals surface area contributed by atoms with Gasteiger partial charge in [-0.2, -0.15) is 8.78 Å². The molecule has 2 aromatic rings. The van der Waals surface area contributed by atoms with Crippen molar-refractivity contribution in [3.8, 4) is 0 Å². The second-order valence-electron chi connectivity index (χ2n) is 7.30. The lowest BCUT2D eigenvalue weighted by Gasteiger charge is -2.38. The van der Waals surface area contributed by atoms with Crippen LogP contribution in [0.2, 0.25) is 0 Å². The van der Waals surface area contributed by atoms with Crippen LogP contribution in [0.4, 0.5) is 8.78 Å². The summed E-state index contributed by atoms with van der Waals surface area (Å²) in [5, 5.41) is -4.36. The van der Waals surface area contributed by atoms with Crippen molar-refractivity contribution in [3.05, 3.63) is 58.8 Å². The Morgan fingerprint density at radius 1 is 1.07 bits per heavy atom. The molecular formula is C18H21BrF2N2O3S2. The SMILES string of the molecule is CC(C)(C)[S+]([O-])N[C@@](C)(c1ccc(Br)cn1)C(F)(F)S(=O)(=O)c1ccccc1. The number of hydrogen-bond acceptors (Lipinski definition) is 5. The van der Waals surface area contributed by atoms with Crippen LogP contribution < -0.4 is 4.72 Å². The van der Waals surface area contributed by atoms with Gasteiger partial charge in [-0.15, -0.1) is 4.72 Å². The van der Waals surface area contributed by atoms with E-state index in [1.807, 2.05) is 0 Å². The molecule has 154 valence electrons. The molecule has 1 N–H and O–H groups in total. The Bertz CT molecular complexity index is 920. The number of sulfone groups is 1. The zero-order chi connectivity index (χ0) is 21.4. The first kappa shape index (κ1) is 23.2. The van der Waals surface area contributed by atoms with Crippen molar-refractivity contribution in [2.75, 3.05) is 0 Å². The fraction of sp³-hybridized carbons (Fsp3) is 0.389. The number of nitrogens with zero attached hydrogens (tertiary/aromatic N) is 1. The number of aromatic nitrogens is 1. The van der Waals surface area contributed by atoms with Crippen LogP contribution in [0.5, 0.6) is 0 Å². The zero-order valence-electron chi connectivity index (χ0n) is 15.7. The van der Waals surface area contributed by atoms with E-state index in [1.165, 1.54) is 36.5 Å². The van der Waals surface area contributed by atoms with Crippen molar-refractivity contribution in [1.82, 2.24) is 9.71 Å². The van der Waals surface area contributed by atoms with Crippen molar-refractivity contribution in [2.45, 2.75) is 48.1 Å². The summed E-state index contributed by atoms with van der Waals surface area (Å²) in [6, 6.07) is 9.18. The van der Waals surface area contributed by atoms with Crippen molar-refractivity contribution < 1.29 is 21.8 Å². The minimum Gasteiger partial charge on any atom is -0.598 e. The first-order valence-electron chi connectivity index (χ1n) is 8.23. The summed E-state index contributed by atoms with van der Waals surface area (Å²) < 4.78 is 71.6. The van der Waals surface area contributed by atoms with Gasteiger partial charge in [-0.3, -0.25) is 4.98 Å². The molecule has 28 heavy (non-hydrogen) atoms. The summed E-state index contributed by atoms with van der Waals surface area (Å²) in [6.45, 7) is 5.77. The van der Waals surface area contributed by atoms with Gasteiger partial charge in [0.05, 0.1) is 10.6 Å². The molecular weight excluding hydrogens is 474 g/mol. The Labute approximate surface area is 175 Å². The van der Waals surface area contributed by atoms with Crippen LogP contribution in [-0.4, -0.2) is 28.0 Å². The maximum atomic E-state index is 15.6. The van der Waals surface area contributed by atoms with E-state index < -0.39 is 41.6 Å². The van der Waals surface area contributed by atoms with E-state index in [0.717, 1.165) is 19.1 Å². The highest BCUT2D eigenvalue weighted by Gasteiger charge is 2.65. The highest BCUT2D eigenvalue weighted by Crippen LogP contribution is 2.45. The van der Waals surface area contributed by atoms with Crippen LogP contribution in [0.3, 0.4) is 0 Å². The summed E-state index contributed by atoms with van der Waals surface area (Å²) in [4.78, 5) is 3.44. The monoisotopic (exact) mass is 494 g/mol. The van der Waals surface area contributed by atoms with Gasteiger partial charge in [-0.1, -0.05) is 18.2 Å². The van der Waals surface area contributed by atoms with Gasteiger partial charge < -0.3 is 4.55 Å². The number of hydrogen-bond donors (Lipinski definition) is 1. The molecule has 0 aliphatic rings. The zero-order valence-corrected chi connectivity index (χ0v) is 19.0. The van der Waals surface area contributed by atoms with Crippen LogP contribution in [0.15, 0.2) is 58.0 Å². The Morgan fingerprint density at radius 3 is 2.11 bits per heavy atom. The average molecular weight is 495 g/mol.